The standard InChI is InChI=1S/C9H8N2OS/c1-13-11-5-3-7-2-4-10-6-8(7)9(11)12/h2-6H,1H3. The Morgan fingerprint density at radius 1 is 1.46 bits per heavy atom. The SMILES string of the molecule is CSn1ccc2ccncc2c1=O. The highest BCUT2D eigenvalue weighted by atomic mass is 32.2. The summed E-state index contributed by atoms with van der Waals surface area (Å²) < 4.78 is 1.59. The molecule has 0 N–H and O–H groups in total. The van der Waals surface area contributed by atoms with E-state index in [2.05, 4.69) is 4.98 Å². The Kier molecular flexibility index (Phi) is 2.06. The molecule has 0 radical (unpaired) electrons. The number of nitrogens with zero attached hydrogens (tertiary/aromatic N) is 2. The van der Waals surface area contributed by atoms with Crippen LogP contribution in [0.25, 0.3) is 10.8 Å². The van der Waals surface area contributed by atoms with Crippen LogP contribution in [0, 0.1) is 0 Å². The number of aromatic nitrogens is 2. The molecule has 3 nitrogen and oxygen atoms in total. The fraction of sp³-hybridized carbons (Fsp3) is 0.111. The fourth-order valence-electron chi connectivity index (χ4n) is 1.21. The highest BCUT2D eigenvalue weighted by Crippen LogP contribution is 2.08. The third-order valence-electron chi connectivity index (χ3n) is 1.87. The molecule has 0 atom stereocenters. The minimum Gasteiger partial charge on any atom is -0.268 e. The van der Waals surface area contributed by atoms with Gasteiger partial charge in [-0.25, -0.2) is 0 Å². The zero-order valence-corrected chi connectivity index (χ0v) is 7.91. The monoisotopic (exact) mass is 192 g/mol. The van der Waals surface area contributed by atoms with Gasteiger partial charge in [-0.1, -0.05) is 0 Å². The van der Waals surface area contributed by atoms with Crippen LogP contribution in [0.5, 0.6) is 0 Å². The van der Waals surface area contributed by atoms with Gasteiger partial charge in [-0.2, -0.15) is 0 Å². The van der Waals surface area contributed by atoms with Gasteiger partial charge in [-0.05, 0) is 29.5 Å². The van der Waals surface area contributed by atoms with Crippen LogP contribution in [0.4, 0.5) is 0 Å². The number of rotatable bonds is 1. The van der Waals surface area contributed by atoms with Crippen molar-refractivity contribution in [3.63, 3.8) is 0 Å². The van der Waals surface area contributed by atoms with Crippen molar-refractivity contribution in [1.82, 2.24) is 8.96 Å². The second-order valence-electron chi connectivity index (χ2n) is 2.59. The smallest absolute Gasteiger partial charge is 0.268 e. The predicted octanol–water partition coefficient (Wildman–Crippen LogP) is 1.52. The van der Waals surface area contributed by atoms with E-state index in [0.29, 0.717) is 5.39 Å². The summed E-state index contributed by atoms with van der Waals surface area (Å²) in [5, 5.41) is 1.60. The average Bonchev–Trinajstić information content (AvgIpc) is 2.19. The van der Waals surface area contributed by atoms with Crippen LogP contribution in [0.1, 0.15) is 0 Å². The van der Waals surface area contributed by atoms with E-state index in [-0.39, 0.29) is 5.56 Å². The first-order valence-corrected chi connectivity index (χ1v) is 5.01. The maximum Gasteiger partial charge on any atom is 0.269 e. The van der Waals surface area contributed by atoms with E-state index < -0.39 is 0 Å². The summed E-state index contributed by atoms with van der Waals surface area (Å²) in [5.74, 6) is 0. The van der Waals surface area contributed by atoms with Gasteiger partial charge < -0.3 is 0 Å². The first-order valence-electron chi connectivity index (χ1n) is 3.83. The molecule has 2 heterocycles. The molecule has 0 aliphatic carbocycles. The van der Waals surface area contributed by atoms with Gasteiger partial charge in [0.15, 0.2) is 0 Å². The van der Waals surface area contributed by atoms with E-state index in [1.54, 1.807) is 22.6 Å². The van der Waals surface area contributed by atoms with E-state index in [1.807, 2.05) is 18.4 Å². The topological polar surface area (TPSA) is 34.9 Å². The van der Waals surface area contributed by atoms with Crippen molar-refractivity contribution in [3.05, 3.63) is 41.1 Å². The largest absolute Gasteiger partial charge is 0.269 e. The summed E-state index contributed by atoms with van der Waals surface area (Å²) >= 11 is 1.39. The quantitative estimate of drug-likeness (QED) is 0.687. The van der Waals surface area contributed by atoms with Gasteiger partial charge in [0.05, 0.1) is 5.39 Å². The lowest BCUT2D eigenvalue weighted by Gasteiger charge is -2.01. The molecular weight excluding hydrogens is 184 g/mol. The second kappa shape index (κ2) is 3.22. The van der Waals surface area contributed by atoms with E-state index in [4.69, 9.17) is 0 Å². The molecule has 4 heteroatoms. The Morgan fingerprint density at radius 2 is 2.31 bits per heavy atom. The first kappa shape index (κ1) is 8.31. The van der Waals surface area contributed by atoms with Crippen LogP contribution in [0.2, 0.25) is 0 Å². The van der Waals surface area contributed by atoms with Crippen molar-refractivity contribution in [3.8, 4) is 0 Å². The minimum atomic E-state index is -0.00176. The molecule has 2 rings (SSSR count). The van der Waals surface area contributed by atoms with Crippen molar-refractivity contribution < 1.29 is 0 Å². The molecule has 0 saturated carbocycles. The summed E-state index contributed by atoms with van der Waals surface area (Å²) in [6, 6.07) is 3.75. The maximum atomic E-state index is 11.7. The molecule has 2 aromatic rings. The molecule has 66 valence electrons. The molecule has 0 aliphatic heterocycles. The highest BCUT2D eigenvalue weighted by Gasteiger charge is 2.00. The second-order valence-corrected chi connectivity index (χ2v) is 3.35. The van der Waals surface area contributed by atoms with Crippen LogP contribution in [-0.2, 0) is 0 Å². The first-order chi connectivity index (χ1) is 6.33. The molecule has 0 unspecified atom stereocenters. The van der Waals surface area contributed by atoms with Crippen LogP contribution in [-0.4, -0.2) is 15.2 Å². The van der Waals surface area contributed by atoms with Gasteiger partial charge in [0.2, 0.25) is 0 Å². The zero-order chi connectivity index (χ0) is 9.26. The van der Waals surface area contributed by atoms with Crippen molar-refractivity contribution in [2.24, 2.45) is 0 Å². The van der Waals surface area contributed by atoms with Crippen LogP contribution in [0.3, 0.4) is 0 Å². The van der Waals surface area contributed by atoms with Crippen LogP contribution in [0.15, 0.2) is 35.5 Å². The van der Waals surface area contributed by atoms with E-state index >= 15 is 0 Å². The van der Waals surface area contributed by atoms with Gasteiger partial charge in [-0.3, -0.25) is 13.8 Å². The summed E-state index contributed by atoms with van der Waals surface area (Å²) in [6.07, 6.45) is 6.93. The maximum absolute atomic E-state index is 11.7. The molecule has 0 aromatic carbocycles. The Labute approximate surface area is 79.5 Å². The summed E-state index contributed by atoms with van der Waals surface area (Å²) in [5.41, 5.74) is -0.00176. The average molecular weight is 192 g/mol. The summed E-state index contributed by atoms with van der Waals surface area (Å²) in [7, 11) is 0. The predicted molar refractivity (Wildman–Crippen MR) is 54.9 cm³/mol. The number of pyridine rings is 2. The molecule has 0 saturated heterocycles. The molecule has 13 heavy (non-hydrogen) atoms. The summed E-state index contributed by atoms with van der Waals surface area (Å²) in [6.45, 7) is 0. The lowest BCUT2D eigenvalue weighted by molar-refractivity contribution is 1.17. The Bertz CT molecular complexity index is 492. The Morgan fingerprint density at radius 3 is 3.08 bits per heavy atom. The van der Waals surface area contributed by atoms with E-state index in [1.165, 1.54) is 11.9 Å². The van der Waals surface area contributed by atoms with Crippen molar-refractivity contribution in [1.29, 1.82) is 0 Å². The zero-order valence-electron chi connectivity index (χ0n) is 7.10. The van der Waals surface area contributed by atoms with Gasteiger partial charge in [-0.15, -0.1) is 0 Å². The Balaban J connectivity index is 2.87. The van der Waals surface area contributed by atoms with E-state index in [9.17, 15) is 4.79 Å². The molecule has 0 fully saturated rings. The minimum absolute atomic E-state index is 0.00176. The van der Waals surface area contributed by atoms with Crippen LogP contribution < -0.4 is 5.56 Å². The molecule has 0 aliphatic rings. The van der Waals surface area contributed by atoms with Crippen molar-refractivity contribution in [2.45, 2.75) is 0 Å². The van der Waals surface area contributed by atoms with Gasteiger partial charge >= 0.3 is 0 Å². The van der Waals surface area contributed by atoms with Crippen LogP contribution >= 0.6 is 11.9 Å². The normalized spacial score (nSPS) is 10.5. The molecule has 0 amide bonds. The Hall–Kier alpha value is -1.29. The van der Waals surface area contributed by atoms with Gasteiger partial charge in [0, 0.05) is 24.8 Å². The number of hydrogen-bond acceptors (Lipinski definition) is 3. The summed E-state index contributed by atoms with van der Waals surface area (Å²) in [4.78, 5) is 15.6. The molecular formula is C9H8N2OS. The lowest BCUT2D eigenvalue weighted by atomic mass is 10.2. The third-order valence-corrected chi connectivity index (χ3v) is 2.55. The number of fused-ring (bicyclic) bond motifs is 1. The van der Waals surface area contributed by atoms with E-state index in [0.717, 1.165) is 5.39 Å². The van der Waals surface area contributed by atoms with Gasteiger partial charge in [0.1, 0.15) is 0 Å². The number of hydrogen-bond donors (Lipinski definition) is 0. The van der Waals surface area contributed by atoms with Crippen molar-refractivity contribution >= 4 is 22.7 Å². The van der Waals surface area contributed by atoms with Crippen molar-refractivity contribution in [2.75, 3.05) is 6.26 Å². The molecule has 2 aromatic heterocycles. The fourth-order valence-corrected chi connectivity index (χ4v) is 1.65. The van der Waals surface area contributed by atoms with Gasteiger partial charge in [0.25, 0.3) is 5.56 Å². The highest BCUT2D eigenvalue weighted by molar-refractivity contribution is 7.97. The molecule has 0 spiro atoms. The third kappa shape index (κ3) is 1.33. The lowest BCUT2D eigenvalue weighted by Crippen LogP contribution is -2.13. The molecule has 0 bridgehead atoms.